The topological polar surface area (TPSA) is 41.6 Å². The molecule has 21 heavy (non-hydrogen) atoms. The average molecular weight is 311 g/mol. The van der Waals surface area contributed by atoms with Gasteiger partial charge in [0.15, 0.2) is 6.10 Å². The van der Waals surface area contributed by atoms with Crippen molar-refractivity contribution in [3.63, 3.8) is 0 Å². The highest BCUT2D eigenvalue weighted by molar-refractivity contribution is 6.30. The number of benzene rings is 1. The first-order valence-electron chi connectivity index (χ1n) is 7.38. The van der Waals surface area contributed by atoms with E-state index in [1.807, 2.05) is 12.1 Å². The van der Waals surface area contributed by atoms with Crippen molar-refractivity contribution in [2.45, 2.75) is 32.9 Å². The van der Waals surface area contributed by atoms with Crippen molar-refractivity contribution in [2.24, 2.45) is 5.92 Å². The Labute approximate surface area is 131 Å². The predicted molar refractivity (Wildman–Crippen MR) is 84.7 cm³/mol. The Bertz CT molecular complexity index is 505. The van der Waals surface area contributed by atoms with Crippen molar-refractivity contribution in [2.75, 3.05) is 20.1 Å². The number of likely N-dealkylation sites (tertiary alicyclic amines) is 1. The van der Waals surface area contributed by atoms with Gasteiger partial charge in [-0.05, 0) is 30.7 Å². The van der Waals surface area contributed by atoms with Crippen molar-refractivity contribution in [1.82, 2.24) is 10.2 Å². The molecule has 1 N–H and O–H groups in total. The van der Waals surface area contributed by atoms with Crippen LogP contribution < -0.4 is 10.1 Å². The molecular formula is C16H23ClN2O2. The molecule has 1 aromatic rings. The summed E-state index contributed by atoms with van der Waals surface area (Å²) in [5.74, 6) is 1.37. The van der Waals surface area contributed by atoms with Crippen LogP contribution in [0.4, 0.5) is 0 Å². The number of rotatable bonds is 6. The molecule has 5 heteroatoms. The zero-order valence-electron chi connectivity index (χ0n) is 12.9. The molecule has 1 fully saturated rings. The fourth-order valence-corrected chi connectivity index (χ4v) is 2.54. The number of carbonyl (C=O) groups excluding carboxylic acids is 1. The molecule has 4 nitrogen and oxygen atoms in total. The van der Waals surface area contributed by atoms with Gasteiger partial charge in [0.2, 0.25) is 0 Å². The lowest BCUT2D eigenvalue weighted by Crippen LogP contribution is -2.30. The molecule has 1 aliphatic heterocycles. The van der Waals surface area contributed by atoms with E-state index in [9.17, 15) is 4.79 Å². The number of carbonyl (C=O) groups is 1. The summed E-state index contributed by atoms with van der Waals surface area (Å²) >= 11 is 6.07. The summed E-state index contributed by atoms with van der Waals surface area (Å²) in [5, 5.41) is 4.06. The first-order valence-corrected chi connectivity index (χ1v) is 7.76. The molecule has 1 atom stereocenters. The molecule has 0 aliphatic carbocycles. The van der Waals surface area contributed by atoms with Crippen molar-refractivity contribution in [3.8, 4) is 5.75 Å². The van der Waals surface area contributed by atoms with Gasteiger partial charge < -0.3 is 15.0 Å². The van der Waals surface area contributed by atoms with Gasteiger partial charge >= 0.3 is 0 Å². The van der Waals surface area contributed by atoms with Gasteiger partial charge in [-0.15, -0.1) is 0 Å². The van der Waals surface area contributed by atoms with Gasteiger partial charge in [-0.2, -0.15) is 0 Å². The molecule has 1 saturated heterocycles. The highest BCUT2D eigenvalue weighted by Crippen LogP contribution is 2.26. The standard InChI is InChI=1S/C16H23ClN2O2/c1-11(2)9-18-10-12-8-13(17)4-5-14(12)21-15-6-7-19(3)16(15)20/h4-5,8,11,15,18H,6-7,9-10H2,1-3H3. The minimum absolute atomic E-state index is 0.0473. The molecule has 0 bridgehead atoms. The smallest absolute Gasteiger partial charge is 0.263 e. The van der Waals surface area contributed by atoms with Crippen LogP contribution in [0.15, 0.2) is 18.2 Å². The van der Waals surface area contributed by atoms with Crippen LogP contribution in [0.2, 0.25) is 5.02 Å². The zero-order valence-corrected chi connectivity index (χ0v) is 13.6. The Morgan fingerprint density at radius 1 is 1.48 bits per heavy atom. The molecule has 0 spiro atoms. The van der Waals surface area contributed by atoms with Crippen molar-refractivity contribution < 1.29 is 9.53 Å². The second kappa shape index (κ2) is 7.14. The minimum atomic E-state index is -0.375. The monoisotopic (exact) mass is 310 g/mol. The Hall–Kier alpha value is -1.26. The quantitative estimate of drug-likeness (QED) is 0.878. The van der Waals surface area contributed by atoms with Crippen LogP contribution in [-0.4, -0.2) is 37.0 Å². The summed E-state index contributed by atoms with van der Waals surface area (Å²) in [6, 6.07) is 5.54. The number of amides is 1. The summed E-state index contributed by atoms with van der Waals surface area (Å²) in [5.41, 5.74) is 0.991. The summed E-state index contributed by atoms with van der Waals surface area (Å²) in [6.45, 7) is 6.69. The summed E-state index contributed by atoms with van der Waals surface area (Å²) in [4.78, 5) is 13.7. The highest BCUT2D eigenvalue weighted by atomic mass is 35.5. The van der Waals surface area contributed by atoms with E-state index >= 15 is 0 Å². The van der Waals surface area contributed by atoms with E-state index < -0.39 is 0 Å². The SMILES string of the molecule is CC(C)CNCc1cc(Cl)ccc1OC1CCN(C)C1=O. The number of halogens is 1. The lowest BCUT2D eigenvalue weighted by Gasteiger charge is -2.17. The third-order valence-electron chi connectivity index (χ3n) is 3.54. The van der Waals surface area contributed by atoms with Crippen molar-refractivity contribution in [1.29, 1.82) is 0 Å². The number of hydrogen-bond donors (Lipinski definition) is 1. The summed E-state index contributed by atoms with van der Waals surface area (Å²) in [7, 11) is 1.80. The van der Waals surface area contributed by atoms with Crippen LogP contribution in [0.3, 0.4) is 0 Å². The van der Waals surface area contributed by atoms with Gasteiger partial charge in [0.05, 0.1) is 0 Å². The predicted octanol–water partition coefficient (Wildman–Crippen LogP) is 2.70. The largest absolute Gasteiger partial charge is 0.480 e. The van der Waals surface area contributed by atoms with E-state index in [0.717, 1.165) is 30.8 Å². The van der Waals surface area contributed by atoms with E-state index in [0.29, 0.717) is 17.5 Å². The second-order valence-corrected chi connectivity index (χ2v) is 6.37. The van der Waals surface area contributed by atoms with E-state index in [-0.39, 0.29) is 12.0 Å². The first-order chi connectivity index (χ1) is 9.97. The molecule has 1 amide bonds. The van der Waals surface area contributed by atoms with Crippen LogP contribution in [-0.2, 0) is 11.3 Å². The Balaban J connectivity index is 2.06. The fraction of sp³-hybridized carbons (Fsp3) is 0.562. The van der Waals surface area contributed by atoms with Gasteiger partial charge in [0, 0.05) is 37.1 Å². The molecular weight excluding hydrogens is 288 g/mol. The summed E-state index contributed by atoms with van der Waals surface area (Å²) in [6.07, 6.45) is 0.358. The van der Waals surface area contributed by atoms with Gasteiger partial charge in [0.25, 0.3) is 5.91 Å². The van der Waals surface area contributed by atoms with E-state index in [2.05, 4.69) is 19.2 Å². The van der Waals surface area contributed by atoms with Crippen LogP contribution >= 0.6 is 11.6 Å². The molecule has 1 heterocycles. The van der Waals surface area contributed by atoms with Gasteiger partial charge in [0.1, 0.15) is 5.75 Å². The molecule has 1 unspecified atom stereocenters. The number of hydrogen-bond acceptors (Lipinski definition) is 3. The first kappa shape index (κ1) is 16.1. The van der Waals surface area contributed by atoms with Crippen LogP contribution in [0.1, 0.15) is 25.8 Å². The van der Waals surface area contributed by atoms with E-state index in [1.165, 1.54) is 0 Å². The van der Waals surface area contributed by atoms with Crippen LogP contribution in [0.5, 0.6) is 5.75 Å². The fourth-order valence-electron chi connectivity index (χ4n) is 2.35. The van der Waals surface area contributed by atoms with Crippen LogP contribution in [0.25, 0.3) is 0 Å². The van der Waals surface area contributed by atoms with Gasteiger partial charge in [-0.25, -0.2) is 0 Å². The number of nitrogens with one attached hydrogen (secondary N) is 1. The van der Waals surface area contributed by atoms with Crippen LogP contribution in [0, 0.1) is 5.92 Å². The van der Waals surface area contributed by atoms with Crippen molar-refractivity contribution >= 4 is 17.5 Å². The third-order valence-corrected chi connectivity index (χ3v) is 3.77. The maximum Gasteiger partial charge on any atom is 0.263 e. The molecule has 0 radical (unpaired) electrons. The summed E-state index contributed by atoms with van der Waals surface area (Å²) < 4.78 is 5.91. The highest BCUT2D eigenvalue weighted by Gasteiger charge is 2.31. The maximum atomic E-state index is 12.0. The normalized spacial score (nSPS) is 18.6. The van der Waals surface area contributed by atoms with E-state index in [4.69, 9.17) is 16.3 Å². The maximum absolute atomic E-state index is 12.0. The number of ether oxygens (including phenoxy) is 1. The number of likely N-dealkylation sites (N-methyl/N-ethyl adjacent to an activating group) is 1. The Morgan fingerprint density at radius 3 is 2.86 bits per heavy atom. The van der Waals surface area contributed by atoms with E-state index in [1.54, 1.807) is 18.0 Å². The number of nitrogens with zero attached hydrogens (tertiary/aromatic N) is 1. The molecule has 2 rings (SSSR count). The van der Waals surface area contributed by atoms with Gasteiger partial charge in [-0.3, -0.25) is 4.79 Å². The molecule has 0 aromatic heterocycles. The molecule has 1 aliphatic rings. The second-order valence-electron chi connectivity index (χ2n) is 5.93. The van der Waals surface area contributed by atoms with Crippen molar-refractivity contribution in [3.05, 3.63) is 28.8 Å². The average Bonchev–Trinajstić information content (AvgIpc) is 2.73. The minimum Gasteiger partial charge on any atom is -0.480 e. The zero-order chi connectivity index (χ0) is 15.4. The Morgan fingerprint density at radius 2 is 2.24 bits per heavy atom. The molecule has 1 aromatic carbocycles. The lowest BCUT2D eigenvalue weighted by atomic mass is 10.1. The Kier molecular flexibility index (Phi) is 5.48. The molecule has 116 valence electrons. The van der Waals surface area contributed by atoms with Gasteiger partial charge in [-0.1, -0.05) is 25.4 Å². The molecule has 0 saturated carbocycles. The lowest BCUT2D eigenvalue weighted by molar-refractivity contribution is -0.132. The third kappa shape index (κ3) is 4.35.